The fourth-order valence-electron chi connectivity index (χ4n) is 1.45. The molecule has 98 valence electrons. The van der Waals surface area contributed by atoms with Gasteiger partial charge in [-0.2, -0.15) is 13.2 Å². The first-order valence-corrected chi connectivity index (χ1v) is 5.59. The third-order valence-electron chi connectivity index (χ3n) is 2.33. The van der Waals surface area contributed by atoms with Crippen LogP contribution in [0.3, 0.4) is 0 Å². The lowest BCUT2D eigenvalue weighted by Gasteiger charge is -2.14. The number of rotatable bonds is 4. The van der Waals surface area contributed by atoms with Crippen molar-refractivity contribution in [1.29, 1.82) is 0 Å². The lowest BCUT2D eigenvalue weighted by Crippen LogP contribution is -2.14. The summed E-state index contributed by atoms with van der Waals surface area (Å²) in [5, 5.41) is 8.87. The van der Waals surface area contributed by atoms with Gasteiger partial charge >= 0.3 is 12.1 Å². The molecule has 0 radical (unpaired) electrons. The van der Waals surface area contributed by atoms with Crippen LogP contribution in [0.2, 0.25) is 0 Å². The third-order valence-corrected chi connectivity index (χ3v) is 3.02. The minimum Gasteiger partial charge on any atom is -0.481 e. The van der Waals surface area contributed by atoms with Crippen molar-refractivity contribution in [2.45, 2.75) is 18.5 Å². The summed E-state index contributed by atoms with van der Waals surface area (Å²) in [6.07, 6.45) is -4.58. The summed E-state index contributed by atoms with van der Waals surface area (Å²) in [6.45, 7) is 0. The van der Waals surface area contributed by atoms with Crippen LogP contribution >= 0.6 is 15.9 Å². The SMILES string of the molecule is O=CCC(C(=O)O)c1ccc(Br)c(C(F)(F)F)c1. The number of carboxylic acid groups (broad SMARTS) is 1. The van der Waals surface area contributed by atoms with Gasteiger partial charge in [0.1, 0.15) is 6.29 Å². The minimum atomic E-state index is -4.58. The Morgan fingerprint density at radius 2 is 2.06 bits per heavy atom. The van der Waals surface area contributed by atoms with E-state index in [0.29, 0.717) is 6.29 Å². The predicted molar refractivity (Wildman–Crippen MR) is 60.2 cm³/mol. The molecule has 1 aromatic rings. The lowest BCUT2D eigenvalue weighted by atomic mass is 9.95. The number of hydrogen-bond acceptors (Lipinski definition) is 2. The molecular formula is C11H8BrF3O3. The Hall–Kier alpha value is -1.37. The molecule has 3 nitrogen and oxygen atoms in total. The zero-order valence-electron chi connectivity index (χ0n) is 8.87. The van der Waals surface area contributed by atoms with Crippen LogP contribution in [-0.2, 0) is 15.8 Å². The maximum absolute atomic E-state index is 12.6. The molecule has 0 heterocycles. The largest absolute Gasteiger partial charge is 0.481 e. The molecule has 0 amide bonds. The second kappa shape index (κ2) is 5.51. The molecule has 1 N–H and O–H groups in total. The van der Waals surface area contributed by atoms with E-state index in [9.17, 15) is 22.8 Å². The Bertz CT molecular complexity index is 471. The number of hydrogen-bond donors (Lipinski definition) is 1. The molecule has 1 rings (SSSR count). The van der Waals surface area contributed by atoms with Gasteiger partial charge in [0.05, 0.1) is 11.5 Å². The third kappa shape index (κ3) is 3.32. The molecule has 0 bridgehead atoms. The Morgan fingerprint density at radius 3 is 2.50 bits per heavy atom. The molecule has 0 aromatic heterocycles. The standard InChI is InChI=1S/C11H8BrF3O3/c12-9-2-1-6(5-8(9)11(13,14)15)7(3-4-16)10(17)18/h1-2,4-5,7H,3H2,(H,17,18). The Kier molecular flexibility index (Phi) is 4.50. The van der Waals surface area contributed by atoms with Gasteiger partial charge in [-0.15, -0.1) is 0 Å². The fraction of sp³-hybridized carbons (Fsp3) is 0.273. The monoisotopic (exact) mass is 324 g/mol. The van der Waals surface area contributed by atoms with Gasteiger partial charge in [0.15, 0.2) is 0 Å². The topological polar surface area (TPSA) is 54.4 Å². The second-order valence-electron chi connectivity index (χ2n) is 3.53. The normalized spacial score (nSPS) is 13.1. The first-order valence-electron chi connectivity index (χ1n) is 4.80. The molecule has 0 spiro atoms. The number of carboxylic acids is 1. The first kappa shape index (κ1) is 14.7. The molecule has 0 aliphatic heterocycles. The van der Waals surface area contributed by atoms with Crippen LogP contribution in [-0.4, -0.2) is 17.4 Å². The van der Waals surface area contributed by atoms with Crippen molar-refractivity contribution < 1.29 is 27.9 Å². The number of aliphatic carboxylic acids is 1. The zero-order chi connectivity index (χ0) is 13.9. The molecule has 0 aliphatic carbocycles. The summed E-state index contributed by atoms with van der Waals surface area (Å²) >= 11 is 2.75. The molecule has 0 saturated carbocycles. The highest BCUT2D eigenvalue weighted by atomic mass is 79.9. The average molecular weight is 325 g/mol. The Labute approximate surface area is 109 Å². The molecule has 7 heteroatoms. The van der Waals surface area contributed by atoms with Crippen molar-refractivity contribution in [1.82, 2.24) is 0 Å². The lowest BCUT2D eigenvalue weighted by molar-refractivity contribution is -0.140. The van der Waals surface area contributed by atoms with Gasteiger partial charge < -0.3 is 9.90 Å². The number of aldehydes is 1. The van der Waals surface area contributed by atoms with E-state index < -0.39 is 23.6 Å². The quantitative estimate of drug-likeness (QED) is 0.865. The Balaban J connectivity index is 3.26. The summed E-state index contributed by atoms with van der Waals surface area (Å²) in [5.74, 6) is -2.60. The van der Waals surface area contributed by atoms with Crippen molar-refractivity contribution in [3.8, 4) is 0 Å². The number of alkyl halides is 3. The van der Waals surface area contributed by atoms with Crippen LogP contribution < -0.4 is 0 Å². The van der Waals surface area contributed by atoms with Gasteiger partial charge in [-0.05, 0) is 17.7 Å². The fourth-order valence-corrected chi connectivity index (χ4v) is 1.92. The van der Waals surface area contributed by atoms with E-state index in [4.69, 9.17) is 5.11 Å². The molecule has 1 aromatic carbocycles. The van der Waals surface area contributed by atoms with Crippen LogP contribution in [0, 0.1) is 0 Å². The smallest absolute Gasteiger partial charge is 0.417 e. The van der Waals surface area contributed by atoms with Crippen molar-refractivity contribution in [2.75, 3.05) is 0 Å². The highest BCUT2D eigenvalue weighted by molar-refractivity contribution is 9.10. The van der Waals surface area contributed by atoms with Gasteiger partial charge in [0.25, 0.3) is 0 Å². The van der Waals surface area contributed by atoms with Crippen LogP contribution in [0.1, 0.15) is 23.5 Å². The van der Waals surface area contributed by atoms with Crippen LogP contribution in [0.5, 0.6) is 0 Å². The maximum Gasteiger partial charge on any atom is 0.417 e. The zero-order valence-corrected chi connectivity index (χ0v) is 10.5. The van der Waals surface area contributed by atoms with Crippen LogP contribution in [0.4, 0.5) is 13.2 Å². The first-order chi connectivity index (χ1) is 8.27. The van der Waals surface area contributed by atoms with Crippen molar-refractivity contribution in [3.63, 3.8) is 0 Å². The number of carbonyl (C=O) groups excluding carboxylic acids is 1. The van der Waals surface area contributed by atoms with Gasteiger partial charge in [-0.25, -0.2) is 0 Å². The van der Waals surface area contributed by atoms with E-state index in [2.05, 4.69) is 15.9 Å². The van der Waals surface area contributed by atoms with Gasteiger partial charge in [-0.1, -0.05) is 22.0 Å². The van der Waals surface area contributed by atoms with E-state index in [1.54, 1.807) is 0 Å². The van der Waals surface area contributed by atoms with Crippen LogP contribution in [0.25, 0.3) is 0 Å². The second-order valence-corrected chi connectivity index (χ2v) is 4.38. The molecule has 18 heavy (non-hydrogen) atoms. The van der Waals surface area contributed by atoms with E-state index in [1.807, 2.05) is 0 Å². The molecule has 1 unspecified atom stereocenters. The maximum atomic E-state index is 12.6. The molecule has 0 saturated heterocycles. The Morgan fingerprint density at radius 1 is 1.44 bits per heavy atom. The van der Waals surface area contributed by atoms with E-state index >= 15 is 0 Å². The molecule has 0 fully saturated rings. The number of carbonyl (C=O) groups is 2. The summed E-state index contributed by atoms with van der Waals surface area (Å²) < 4.78 is 37.7. The highest BCUT2D eigenvalue weighted by Gasteiger charge is 2.34. The van der Waals surface area contributed by atoms with Gasteiger partial charge in [0.2, 0.25) is 0 Å². The van der Waals surface area contributed by atoms with Crippen molar-refractivity contribution in [3.05, 3.63) is 33.8 Å². The summed E-state index contributed by atoms with van der Waals surface area (Å²) in [6, 6.07) is 3.12. The van der Waals surface area contributed by atoms with Crippen LogP contribution in [0.15, 0.2) is 22.7 Å². The van der Waals surface area contributed by atoms with Gasteiger partial charge in [-0.3, -0.25) is 4.79 Å². The van der Waals surface area contributed by atoms with E-state index in [-0.39, 0.29) is 16.5 Å². The predicted octanol–water partition coefficient (Wildman–Crippen LogP) is 3.23. The number of benzene rings is 1. The van der Waals surface area contributed by atoms with E-state index in [1.165, 1.54) is 6.07 Å². The van der Waals surface area contributed by atoms with E-state index in [0.717, 1.165) is 12.1 Å². The summed E-state index contributed by atoms with van der Waals surface area (Å²) in [4.78, 5) is 21.2. The molecule has 0 aliphatic rings. The molecule has 1 atom stereocenters. The minimum absolute atomic E-state index is 0.0508. The van der Waals surface area contributed by atoms with Crippen molar-refractivity contribution in [2.24, 2.45) is 0 Å². The molecular weight excluding hydrogens is 317 g/mol. The number of halogens is 4. The average Bonchev–Trinajstić information content (AvgIpc) is 2.25. The summed E-state index contributed by atoms with van der Waals surface area (Å²) in [5.41, 5.74) is -1.01. The highest BCUT2D eigenvalue weighted by Crippen LogP contribution is 2.36. The van der Waals surface area contributed by atoms with Gasteiger partial charge in [0, 0.05) is 10.9 Å². The van der Waals surface area contributed by atoms with Crippen molar-refractivity contribution >= 4 is 28.2 Å². The summed E-state index contributed by atoms with van der Waals surface area (Å²) in [7, 11) is 0.